The standard InChI is InChI=1S/C13H13ClN2OS2/c1-9-16-10(8-18-9)2-5-13(17)15-7-6-11-3-4-12(14)19-11/h2-5,8H,6-7H2,1H3,(H,15,17). The molecule has 3 nitrogen and oxygen atoms in total. The Morgan fingerprint density at radius 1 is 1.53 bits per heavy atom. The number of hydrogen-bond acceptors (Lipinski definition) is 4. The van der Waals surface area contributed by atoms with Gasteiger partial charge < -0.3 is 5.32 Å². The topological polar surface area (TPSA) is 42.0 Å². The predicted octanol–water partition coefficient (Wildman–Crippen LogP) is 3.54. The molecule has 0 fully saturated rings. The first-order valence-electron chi connectivity index (χ1n) is 5.76. The van der Waals surface area contributed by atoms with Gasteiger partial charge in [-0.15, -0.1) is 22.7 Å². The number of thiophene rings is 1. The second-order valence-corrected chi connectivity index (χ2v) is 6.73. The summed E-state index contributed by atoms with van der Waals surface area (Å²) in [7, 11) is 0. The monoisotopic (exact) mass is 312 g/mol. The molecule has 0 unspecified atom stereocenters. The Hall–Kier alpha value is -1.17. The average molecular weight is 313 g/mol. The molecule has 0 aromatic carbocycles. The van der Waals surface area contributed by atoms with Crippen molar-refractivity contribution < 1.29 is 4.79 Å². The van der Waals surface area contributed by atoms with Crippen LogP contribution < -0.4 is 5.32 Å². The first-order chi connectivity index (χ1) is 9.13. The molecule has 0 aliphatic heterocycles. The molecule has 0 aliphatic rings. The predicted molar refractivity (Wildman–Crippen MR) is 81.9 cm³/mol. The molecule has 19 heavy (non-hydrogen) atoms. The van der Waals surface area contributed by atoms with Crippen LogP contribution in [0.5, 0.6) is 0 Å². The largest absolute Gasteiger partial charge is 0.352 e. The van der Waals surface area contributed by atoms with Gasteiger partial charge in [0.2, 0.25) is 5.91 Å². The van der Waals surface area contributed by atoms with Crippen molar-refractivity contribution in [3.8, 4) is 0 Å². The number of thiazole rings is 1. The summed E-state index contributed by atoms with van der Waals surface area (Å²) in [4.78, 5) is 17.0. The van der Waals surface area contributed by atoms with Gasteiger partial charge in [-0.1, -0.05) is 11.6 Å². The Balaban J connectivity index is 1.74. The maximum Gasteiger partial charge on any atom is 0.244 e. The summed E-state index contributed by atoms with van der Waals surface area (Å²) in [5, 5.41) is 5.75. The normalized spacial score (nSPS) is 11.1. The summed E-state index contributed by atoms with van der Waals surface area (Å²) in [5.74, 6) is -0.103. The number of amides is 1. The molecule has 0 aliphatic carbocycles. The number of nitrogens with zero attached hydrogens (tertiary/aromatic N) is 1. The van der Waals surface area contributed by atoms with Crippen LogP contribution in [0, 0.1) is 6.92 Å². The lowest BCUT2D eigenvalue weighted by Gasteiger charge is -1.99. The van der Waals surface area contributed by atoms with E-state index in [1.54, 1.807) is 17.4 Å². The summed E-state index contributed by atoms with van der Waals surface area (Å²) in [5.41, 5.74) is 0.822. The highest BCUT2D eigenvalue weighted by Crippen LogP contribution is 2.21. The molecule has 1 amide bonds. The Morgan fingerprint density at radius 3 is 3.00 bits per heavy atom. The minimum atomic E-state index is -0.103. The quantitative estimate of drug-likeness (QED) is 0.858. The van der Waals surface area contributed by atoms with Gasteiger partial charge in [-0.25, -0.2) is 4.98 Å². The highest BCUT2D eigenvalue weighted by atomic mass is 35.5. The van der Waals surface area contributed by atoms with E-state index in [-0.39, 0.29) is 5.91 Å². The van der Waals surface area contributed by atoms with Crippen LogP contribution in [-0.2, 0) is 11.2 Å². The smallest absolute Gasteiger partial charge is 0.244 e. The van der Waals surface area contributed by atoms with Crippen LogP contribution in [0.15, 0.2) is 23.6 Å². The zero-order valence-electron chi connectivity index (χ0n) is 10.4. The molecule has 2 aromatic heterocycles. The molecular formula is C13H13ClN2OS2. The second-order valence-electron chi connectivity index (χ2n) is 3.87. The first kappa shape index (κ1) is 14.2. The van der Waals surface area contributed by atoms with Crippen molar-refractivity contribution in [1.29, 1.82) is 0 Å². The maximum absolute atomic E-state index is 11.6. The molecule has 0 atom stereocenters. The van der Waals surface area contributed by atoms with Gasteiger partial charge >= 0.3 is 0 Å². The van der Waals surface area contributed by atoms with Gasteiger partial charge in [-0.3, -0.25) is 4.79 Å². The summed E-state index contributed by atoms with van der Waals surface area (Å²) in [6.07, 6.45) is 4.03. The number of aryl methyl sites for hydroxylation is 1. The van der Waals surface area contributed by atoms with E-state index < -0.39 is 0 Å². The molecule has 0 spiro atoms. The second kappa shape index (κ2) is 6.84. The Labute approximate surface area is 125 Å². The van der Waals surface area contributed by atoms with Crippen LogP contribution in [0.3, 0.4) is 0 Å². The third kappa shape index (κ3) is 4.78. The SMILES string of the molecule is Cc1nc(C=CC(=O)NCCc2ccc(Cl)s2)cs1. The molecule has 0 saturated heterocycles. The maximum atomic E-state index is 11.6. The number of hydrogen-bond donors (Lipinski definition) is 1. The van der Waals surface area contributed by atoms with E-state index in [2.05, 4.69) is 10.3 Å². The van der Waals surface area contributed by atoms with Crippen molar-refractivity contribution in [3.63, 3.8) is 0 Å². The molecule has 0 saturated carbocycles. The van der Waals surface area contributed by atoms with Crippen LogP contribution >= 0.6 is 34.3 Å². The zero-order chi connectivity index (χ0) is 13.7. The summed E-state index contributed by atoms with van der Waals surface area (Å²) >= 11 is 8.94. The van der Waals surface area contributed by atoms with Gasteiger partial charge in [0.1, 0.15) is 0 Å². The number of carbonyl (C=O) groups is 1. The number of halogens is 1. The number of carbonyl (C=O) groups excluding carboxylic acids is 1. The van der Waals surface area contributed by atoms with Gasteiger partial charge in [0.25, 0.3) is 0 Å². The highest BCUT2D eigenvalue weighted by Gasteiger charge is 2.00. The molecular weight excluding hydrogens is 300 g/mol. The van der Waals surface area contributed by atoms with E-state index in [4.69, 9.17) is 11.6 Å². The summed E-state index contributed by atoms with van der Waals surface area (Å²) < 4.78 is 0.778. The lowest BCUT2D eigenvalue weighted by molar-refractivity contribution is -0.116. The molecule has 100 valence electrons. The van der Waals surface area contributed by atoms with Crippen molar-refractivity contribution in [2.24, 2.45) is 0 Å². The lowest BCUT2D eigenvalue weighted by Crippen LogP contribution is -2.23. The number of nitrogens with one attached hydrogen (secondary N) is 1. The van der Waals surface area contributed by atoms with Gasteiger partial charge in [-0.2, -0.15) is 0 Å². The molecule has 2 heterocycles. The summed E-state index contributed by atoms with van der Waals surface area (Å²) in [6, 6.07) is 3.85. The van der Waals surface area contributed by atoms with E-state index in [0.29, 0.717) is 6.54 Å². The van der Waals surface area contributed by atoms with Crippen molar-refractivity contribution in [3.05, 3.63) is 43.5 Å². The van der Waals surface area contributed by atoms with E-state index >= 15 is 0 Å². The minimum Gasteiger partial charge on any atom is -0.352 e. The fourth-order valence-electron chi connectivity index (χ4n) is 1.47. The molecule has 2 rings (SSSR count). The van der Waals surface area contributed by atoms with Gasteiger partial charge in [0.05, 0.1) is 15.0 Å². The number of rotatable bonds is 5. The van der Waals surface area contributed by atoms with Crippen molar-refractivity contribution in [2.75, 3.05) is 6.54 Å². The van der Waals surface area contributed by atoms with Crippen LogP contribution in [0.25, 0.3) is 6.08 Å². The average Bonchev–Trinajstić information content (AvgIpc) is 2.96. The Bertz CT molecular complexity index is 589. The zero-order valence-corrected chi connectivity index (χ0v) is 12.7. The van der Waals surface area contributed by atoms with Crippen LogP contribution in [-0.4, -0.2) is 17.4 Å². The van der Waals surface area contributed by atoms with E-state index in [1.807, 2.05) is 24.4 Å². The van der Waals surface area contributed by atoms with Crippen molar-refractivity contribution >= 4 is 46.3 Å². The van der Waals surface area contributed by atoms with E-state index in [0.717, 1.165) is 21.5 Å². The molecule has 6 heteroatoms. The Kier molecular flexibility index (Phi) is 5.13. The molecule has 0 radical (unpaired) electrons. The number of aromatic nitrogens is 1. The highest BCUT2D eigenvalue weighted by molar-refractivity contribution is 7.16. The Morgan fingerprint density at radius 2 is 2.37 bits per heavy atom. The summed E-state index contributed by atoms with van der Waals surface area (Å²) in [6.45, 7) is 2.55. The lowest BCUT2D eigenvalue weighted by atomic mass is 10.3. The van der Waals surface area contributed by atoms with Crippen LogP contribution in [0.4, 0.5) is 0 Å². The minimum absolute atomic E-state index is 0.103. The van der Waals surface area contributed by atoms with Crippen molar-refractivity contribution in [1.82, 2.24) is 10.3 Å². The van der Waals surface area contributed by atoms with E-state index in [1.165, 1.54) is 22.3 Å². The van der Waals surface area contributed by atoms with Crippen LogP contribution in [0.1, 0.15) is 15.6 Å². The first-order valence-corrected chi connectivity index (χ1v) is 7.83. The third-order valence-corrected chi connectivity index (χ3v) is 4.42. The van der Waals surface area contributed by atoms with Gasteiger partial charge in [0, 0.05) is 22.9 Å². The van der Waals surface area contributed by atoms with Gasteiger partial charge in [-0.05, 0) is 31.6 Å². The third-order valence-electron chi connectivity index (χ3n) is 2.34. The van der Waals surface area contributed by atoms with Gasteiger partial charge in [0.15, 0.2) is 0 Å². The molecule has 2 aromatic rings. The fraction of sp³-hybridized carbons (Fsp3) is 0.231. The fourth-order valence-corrected chi connectivity index (χ4v) is 3.14. The van der Waals surface area contributed by atoms with Crippen LogP contribution in [0.2, 0.25) is 4.34 Å². The molecule has 0 bridgehead atoms. The van der Waals surface area contributed by atoms with Crippen molar-refractivity contribution in [2.45, 2.75) is 13.3 Å². The van der Waals surface area contributed by atoms with E-state index in [9.17, 15) is 4.79 Å². The molecule has 1 N–H and O–H groups in total.